The summed E-state index contributed by atoms with van der Waals surface area (Å²) in [6.07, 6.45) is 1.31. The number of urea groups is 1. The Morgan fingerprint density at radius 2 is 1.89 bits per heavy atom. The van der Waals surface area contributed by atoms with Crippen molar-refractivity contribution in [2.75, 3.05) is 24.6 Å². The smallest absolute Gasteiger partial charge is 0.324 e. The van der Waals surface area contributed by atoms with Gasteiger partial charge in [-0.05, 0) is 46.3 Å². The Morgan fingerprint density at radius 1 is 1.14 bits per heavy atom. The zero-order valence-corrected chi connectivity index (χ0v) is 16.4. The number of halogens is 2. The monoisotopic (exact) mass is 454 g/mol. The van der Waals surface area contributed by atoms with Gasteiger partial charge >= 0.3 is 6.03 Å². The number of amides is 2. The minimum atomic E-state index is -0.636. The molecule has 0 saturated heterocycles. The van der Waals surface area contributed by atoms with Gasteiger partial charge in [-0.25, -0.2) is 9.18 Å². The van der Waals surface area contributed by atoms with Crippen LogP contribution in [0.1, 0.15) is 0 Å². The molecule has 0 aromatic heterocycles. The molecule has 0 bridgehead atoms. The number of carbonyl (C=O) groups excluding carboxylic acids is 1. The maximum absolute atomic E-state index is 13.4. The quantitative estimate of drug-likeness (QED) is 0.635. The molecule has 3 N–H and O–H groups in total. The average molecular weight is 455 g/mol. The lowest BCUT2D eigenvalue weighted by Gasteiger charge is -2.16. The molecule has 0 aliphatic carbocycles. The summed E-state index contributed by atoms with van der Waals surface area (Å²) < 4.78 is 23.9. The van der Waals surface area contributed by atoms with Crippen molar-refractivity contribution in [3.63, 3.8) is 0 Å². The fourth-order valence-corrected chi connectivity index (χ4v) is 2.69. The van der Waals surface area contributed by atoms with E-state index in [4.69, 9.17) is 14.4 Å². The van der Waals surface area contributed by atoms with Crippen LogP contribution in [0, 0.1) is 5.82 Å². The molecular formula is C17H16BrFN4O5. The highest BCUT2D eigenvalue weighted by atomic mass is 79.9. The summed E-state index contributed by atoms with van der Waals surface area (Å²) in [5.74, 6) is 0.461. The topological polar surface area (TPSA) is 95.5 Å². The van der Waals surface area contributed by atoms with Gasteiger partial charge in [0.2, 0.25) is 0 Å². The van der Waals surface area contributed by atoms with Crippen LogP contribution in [0.25, 0.3) is 0 Å². The summed E-state index contributed by atoms with van der Waals surface area (Å²) in [4.78, 5) is 17.3. The van der Waals surface area contributed by atoms with E-state index in [1.54, 1.807) is 18.2 Å². The molecule has 0 radical (unpaired) electrons. The first-order chi connectivity index (χ1) is 13.4. The molecule has 3 rings (SSSR count). The van der Waals surface area contributed by atoms with Crippen LogP contribution in [-0.4, -0.2) is 30.7 Å². The second-order valence-corrected chi connectivity index (χ2v) is 6.30. The predicted molar refractivity (Wildman–Crippen MR) is 101 cm³/mol. The summed E-state index contributed by atoms with van der Waals surface area (Å²) in [5, 5.41) is 16.4. The van der Waals surface area contributed by atoms with Gasteiger partial charge in [0, 0.05) is 11.8 Å². The lowest BCUT2D eigenvalue weighted by molar-refractivity contribution is -0.305. The number of nitrogens with one attached hydrogen (secondary N) is 2. The molecule has 0 atom stereocenters. The number of ether oxygens (including phenoxy) is 2. The molecule has 28 heavy (non-hydrogen) atoms. The van der Waals surface area contributed by atoms with Crippen molar-refractivity contribution in [3.05, 3.63) is 58.7 Å². The van der Waals surface area contributed by atoms with Crippen molar-refractivity contribution in [3.8, 4) is 11.5 Å². The fourth-order valence-electron chi connectivity index (χ4n) is 2.33. The third-order valence-electron chi connectivity index (χ3n) is 3.65. The van der Waals surface area contributed by atoms with Crippen LogP contribution in [-0.2, 0) is 4.94 Å². The Hall–Kier alpha value is -3.02. The van der Waals surface area contributed by atoms with Gasteiger partial charge in [0.1, 0.15) is 5.82 Å². The first-order valence-electron chi connectivity index (χ1n) is 7.84. The number of rotatable bonds is 5. The number of anilines is 2. The minimum absolute atomic E-state index is 0.0570. The van der Waals surface area contributed by atoms with E-state index in [0.717, 1.165) is 5.06 Å². The number of benzene rings is 2. The van der Waals surface area contributed by atoms with Gasteiger partial charge in [-0.1, -0.05) is 5.23 Å². The fraction of sp³-hybridized carbons (Fsp3) is 0.118. The lowest BCUT2D eigenvalue weighted by Crippen LogP contribution is -2.33. The van der Waals surface area contributed by atoms with E-state index in [1.165, 1.54) is 38.6 Å². The van der Waals surface area contributed by atoms with Gasteiger partial charge in [0.25, 0.3) is 0 Å². The van der Waals surface area contributed by atoms with Crippen LogP contribution in [0.2, 0.25) is 0 Å². The molecule has 0 unspecified atom stereocenters. The van der Waals surface area contributed by atoms with Crippen molar-refractivity contribution < 1.29 is 28.8 Å². The predicted octanol–water partition coefficient (Wildman–Crippen LogP) is 3.58. The van der Waals surface area contributed by atoms with E-state index in [-0.39, 0.29) is 10.3 Å². The molecule has 2 aromatic carbocycles. The highest BCUT2D eigenvalue weighted by Gasteiger charge is 2.25. The van der Waals surface area contributed by atoms with Crippen molar-refractivity contribution in [1.29, 1.82) is 0 Å². The van der Waals surface area contributed by atoms with Crippen molar-refractivity contribution >= 4 is 33.3 Å². The van der Waals surface area contributed by atoms with Crippen LogP contribution in [0.4, 0.5) is 20.6 Å². The maximum atomic E-state index is 13.4. The van der Waals surface area contributed by atoms with E-state index in [9.17, 15) is 14.4 Å². The molecule has 2 amide bonds. The first-order valence-corrected chi connectivity index (χ1v) is 8.64. The Labute approximate surface area is 167 Å². The van der Waals surface area contributed by atoms with E-state index in [1.807, 2.05) is 0 Å². The molecule has 1 heterocycles. The second kappa shape index (κ2) is 8.33. The molecule has 0 fully saturated rings. The Morgan fingerprint density at radius 3 is 2.57 bits per heavy atom. The molecule has 0 spiro atoms. The number of hydrogen-bond donors (Lipinski definition) is 3. The number of nitrogens with zero attached hydrogens (tertiary/aromatic N) is 2. The third kappa shape index (κ3) is 4.27. The lowest BCUT2D eigenvalue weighted by atomic mass is 10.3. The molecule has 0 saturated carbocycles. The largest absolute Gasteiger partial charge is 0.493 e. The van der Waals surface area contributed by atoms with Gasteiger partial charge in [-0.15, -0.1) is 4.94 Å². The SMILES string of the molecule is COc1ccc(NC(=O)NC2=CN(c3ccc(F)c(Br)c3)ON2O)cc1OC. The zero-order valence-electron chi connectivity index (χ0n) is 14.8. The van der Waals surface area contributed by atoms with Gasteiger partial charge in [-0.3, -0.25) is 10.5 Å². The highest BCUT2D eigenvalue weighted by molar-refractivity contribution is 9.10. The van der Waals surface area contributed by atoms with Gasteiger partial charge < -0.3 is 14.8 Å². The van der Waals surface area contributed by atoms with Crippen LogP contribution in [0.5, 0.6) is 11.5 Å². The van der Waals surface area contributed by atoms with Gasteiger partial charge in [0.05, 0.1) is 30.6 Å². The summed E-state index contributed by atoms with van der Waals surface area (Å²) in [7, 11) is 2.99. The van der Waals surface area contributed by atoms with Crippen molar-refractivity contribution in [1.82, 2.24) is 10.5 Å². The molecule has 1 aliphatic heterocycles. The van der Waals surface area contributed by atoms with Crippen molar-refractivity contribution in [2.45, 2.75) is 0 Å². The Bertz CT molecular complexity index is 926. The van der Waals surface area contributed by atoms with Crippen LogP contribution < -0.4 is 25.2 Å². The number of methoxy groups -OCH3 is 2. The average Bonchev–Trinajstić information content (AvgIpc) is 3.04. The maximum Gasteiger partial charge on any atom is 0.324 e. The number of hydrogen-bond acceptors (Lipinski definition) is 7. The number of carbonyl (C=O) groups is 1. The van der Waals surface area contributed by atoms with E-state index >= 15 is 0 Å². The van der Waals surface area contributed by atoms with E-state index < -0.39 is 11.8 Å². The van der Waals surface area contributed by atoms with Crippen molar-refractivity contribution in [2.24, 2.45) is 0 Å². The molecule has 2 aromatic rings. The third-order valence-corrected chi connectivity index (χ3v) is 4.26. The summed E-state index contributed by atoms with van der Waals surface area (Å²) in [6.45, 7) is 0. The molecule has 9 nitrogen and oxygen atoms in total. The summed E-state index contributed by atoms with van der Waals surface area (Å²) in [5.41, 5.74) is 0.864. The second-order valence-electron chi connectivity index (χ2n) is 5.44. The zero-order chi connectivity index (χ0) is 20.3. The minimum Gasteiger partial charge on any atom is -0.493 e. The Kier molecular flexibility index (Phi) is 5.87. The molecule has 148 valence electrons. The van der Waals surface area contributed by atoms with Gasteiger partial charge in [-0.2, -0.15) is 5.06 Å². The van der Waals surface area contributed by atoms with E-state index in [0.29, 0.717) is 28.1 Å². The normalized spacial score (nSPS) is 13.2. The van der Waals surface area contributed by atoms with Crippen LogP contribution in [0.3, 0.4) is 0 Å². The highest BCUT2D eigenvalue weighted by Crippen LogP contribution is 2.30. The standard InChI is InChI=1S/C17H16BrFN4O5/c1-26-14-6-3-10(7-15(14)27-2)20-17(24)21-16-9-22(28-23(16)25)11-4-5-13(19)12(18)8-11/h3-9,25H,1-2H3,(H2,20,21,24). The number of hydroxylamine groups is 3. The molecule has 11 heteroatoms. The van der Waals surface area contributed by atoms with E-state index in [2.05, 4.69) is 26.6 Å². The van der Waals surface area contributed by atoms with Crippen LogP contribution >= 0.6 is 15.9 Å². The summed E-state index contributed by atoms with van der Waals surface area (Å²) in [6, 6.07) is 8.33. The Balaban J connectivity index is 1.68. The summed E-state index contributed by atoms with van der Waals surface area (Å²) >= 11 is 3.07. The van der Waals surface area contributed by atoms with Crippen LogP contribution in [0.15, 0.2) is 52.9 Å². The van der Waals surface area contributed by atoms with Gasteiger partial charge in [0.15, 0.2) is 17.3 Å². The molecule has 1 aliphatic rings. The first kappa shape index (κ1) is 19.7. The molecular weight excluding hydrogens is 439 g/mol.